The van der Waals surface area contributed by atoms with E-state index in [4.69, 9.17) is 0 Å². The fourth-order valence-corrected chi connectivity index (χ4v) is 6.89. The van der Waals surface area contributed by atoms with E-state index in [1.165, 1.54) is 19.3 Å². The largest absolute Gasteiger partial charge is 0.346 e. The molecule has 0 saturated heterocycles. The van der Waals surface area contributed by atoms with Gasteiger partial charge in [-0.3, -0.25) is 9.59 Å². The highest BCUT2D eigenvalue weighted by atomic mass is 16.2. The van der Waals surface area contributed by atoms with Crippen molar-refractivity contribution >= 4 is 5.91 Å². The minimum Gasteiger partial charge on any atom is -0.346 e. The Kier molecular flexibility index (Phi) is 5.49. The molecule has 4 aliphatic carbocycles. The molecule has 4 aliphatic rings. The molecule has 4 fully saturated rings. The first-order valence-electron chi connectivity index (χ1n) is 12.2. The lowest BCUT2D eigenvalue weighted by atomic mass is 9.53. The summed E-state index contributed by atoms with van der Waals surface area (Å²) in [7, 11) is 0. The molecule has 1 amide bonds. The molecular formula is C27H34N2O2. The lowest BCUT2D eigenvalue weighted by molar-refractivity contribution is -0.0167. The molecule has 2 aromatic rings. The van der Waals surface area contributed by atoms with Gasteiger partial charge in [-0.1, -0.05) is 50.1 Å². The summed E-state index contributed by atoms with van der Waals surface area (Å²) in [6.45, 7) is 3.00. The first-order valence-corrected chi connectivity index (χ1v) is 12.2. The van der Waals surface area contributed by atoms with Crippen LogP contribution in [0.25, 0.3) is 11.3 Å². The number of aromatic nitrogens is 1. The fraction of sp³-hybridized carbons (Fsp3) is 0.556. The number of rotatable bonds is 7. The van der Waals surface area contributed by atoms with Gasteiger partial charge in [-0.2, -0.15) is 0 Å². The van der Waals surface area contributed by atoms with Crippen LogP contribution in [0.2, 0.25) is 0 Å². The van der Waals surface area contributed by atoms with Gasteiger partial charge >= 0.3 is 0 Å². The molecule has 164 valence electrons. The van der Waals surface area contributed by atoms with E-state index in [0.717, 1.165) is 74.1 Å². The van der Waals surface area contributed by atoms with E-state index in [9.17, 15) is 9.59 Å². The van der Waals surface area contributed by atoms with Crippen LogP contribution in [-0.2, 0) is 6.54 Å². The summed E-state index contributed by atoms with van der Waals surface area (Å²) in [4.78, 5) is 26.4. The maximum absolute atomic E-state index is 13.4. The summed E-state index contributed by atoms with van der Waals surface area (Å²) in [6.07, 6.45) is 12.4. The maximum atomic E-state index is 13.4. The molecule has 4 heteroatoms. The van der Waals surface area contributed by atoms with Gasteiger partial charge in [0.25, 0.3) is 5.91 Å². The van der Waals surface area contributed by atoms with Crippen molar-refractivity contribution in [3.8, 4) is 11.3 Å². The zero-order valence-corrected chi connectivity index (χ0v) is 18.6. The van der Waals surface area contributed by atoms with Gasteiger partial charge in [0, 0.05) is 24.3 Å². The number of hydrogen-bond acceptors (Lipinski definition) is 2. The predicted octanol–water partition coefficient (Wildman–Crippen LogP) is 5.40. The van der Waals surface area contributed by atoms with Gasteiger partial charge in [0.15, 0.2) is 5.43 Å². The molecule has 0 spiro atoms. The van der Waals surface area contributed by atoms with Gasteiger partial charge in [0.1, 0.15) is 5.56 Å². The Morgan fingerprint density at radius 2 is 1.68 bits per heavy atom. The van der Waals surface area contributed by atoms with Crippen LogP contribution in [-0.4, -0.2) is 16.0 Å². The highest BCUT2D eigenvalue weighted by Crippen LogP contribution is 2.55. The third-order valence-corrected chi connectivity index (χ3v) is 7.86. The zero-order chi connectivity index (χ0) is 21.4. The molecule has 4 bridgehead atoms. The summed E-state index contributed by atoms with van der Waals surface area (Å²) in [5, 5.41) is 3.38. The molecular weight excluding hydrogens is 384 g/mol. The van der Waals surface area contributed by atoms with Crippen molar-refractivity contribution < 1.29 is 4.79 Å². The average Bonchev–Trinajstić information content (AvgIpc) is 2.74. The van der Waals surface area contributed by atoms with Crippen molar-refractivity contribution in [3.05, 3.63) is 58.4 Å². The summed E-state index contributed by atoms with van der Waals surface area (Å²) in [5.41, 5.74) is 1.96. The second-order valence-corrected chi connectivity index (χ2v) is 10.4. The predicted molar refractivity (Wildman–Crippen MR) is 124 cm³/mol. The summed E-state index contributed by atoms with van der Waals surface area (Å²) < 4.78 is 2.11. The number of carbonyl (C=O) groups is 1. The number of amides is 1. The van der Waals surface area contributed by atoms with E-state index in [0.29, 0.717) is 5.56 Å². The number of hydrogen-bond donors (Lipinski definition) is 1. The minimum absolute atomic E-state index is 0.0799. The number of unbranched alkanes of at least 4 members (excludes halogenated alkanes) is 2. The number of pyridine rings is 1. The molecule has 0 aliphatic heterocycles. The van der Waals surface area contributed by atoms with E-state index in [-0.39, 0.29) is 16.9 Å². The lowest BCUT2D eigenvalue weighted by Crippen LogP contribution is -2.60. The second-order valence-electron chi connectivity index (χ2n) is 10.4. The molecule has 4 nitrogen and oxygen atoms in total. The zero-order valence-electron chi connectivity index (χ0n) is 18.6. The Bertz CT molecular complexity index is 972. The van der Waals surface area contributed by atoms with Gasteiger partial charge in [-0.25, -0.2) is 0 Å². The quantitative estimate of drug-likeness (QED) is 0.612. The molecule has 1 aromatic carbocycles. The SMILES string of the molecule is CCCCCn1cc(C(=O)NC23CC4CC(CC(C4)C2)C3)c(=O)cc1-c1ccccc1. The third-order valence-electron chi connectivity index (χ3n) is 7.86. The van der Waals surface area contributed by atoms with Crippen LogP contribution in [0.3, 0.4) is 0 Å². The minimum atomic E-state index is -0.173. The Balaban J connectivity index is 1.44. The number of nitrogens with one attached hydrogen (secondary N) is 1. The highest BCUT2D eigenvalue weighted by Gasteiger charge is 2.51. The van der Waals surface area contributed by atoms with Crippen molar-refractivity contribution in [3.63, 3.8) is 0 Å². The Hall–Kier alpha value is -2.36. The van der Waals surface area contributed by atoms with E-state index in [2.05, 4.69) is 16.8 Å². The summed E-state index contributed by atoms with van der Waals surface area (Å²) in [5.74, 6) is 2.11. The van der Waals surface area contributed by atoms with Gasteiger partial charge in [0.05, 0.1) is 5.69 Å². The van der Waals surface area contributed by atoms with Crippen molar-refractivity contribution in [2.75, 3.05) is 0 Å². The number of carbonyl (C=O) groups excluding carboxylic acids is 1. The van der Waals surface area contributed by atoms with E-state index >= 15 is 0 Å². The van der Waals surface area contributed by atoms with Crippen molar-refractivity contribution in [2.45, 2.75) is 76.8 Å². The van der Waals surface area contributed by atoms with Crippen LogP contribution in [0, 0.1) is 17.8 Å². The molecule has 1 aromatic heterocycles. The van der Waals surface area contributed by atoms with Gasteiger partial charge < -0.3 is 9.88 Å². The van der Waals surface area contributed by atoms with Crippen LogP contribution >= 0.6 is 0 Å². The summed E-state index contributed by atoms with van der Waals surface area (Å²) >= 11 is 0. The van der Waals surface area contributed by atoms with Crippen LogP contribution in [0.15, 0.2) is 47.4 Å². The molecule has 4 saturated carbocycles. The normalized spacial score (nSPS) is 28.6. The van der Waals surface area contributed by atoms with Crippen molar-refractivity contribution in [2.24, 2.45) is 17.8 Å². The maximum Gasteiger partial charge on any atom is 0.257 e. The van der Waals surface area contributed by atoms with Gasteiger partial charge in [0.2, 0.25) is 0 Å². The molecule has 0 unspecified atom stereocenters. The number of nitrogens with zero attached hydrogens (tertiary/aromatic N) is 1. The topological polar surface area (TPSA) is 51.1 Å². The fourth-order valence-electron chi connectivity index (χ4n) is 6.89. The Morgan fingerprint density at radius 3 is 2.29 bits per heavy atom. The molecule has 0 radical (unpaired) electrons. The average molecular weight is 419 g/mol. The molecule has 31 heavy (non-hydrogen) atoms. The Morgan fingerprint density at radius 1 is 1.03 bits per heavy atom. The second kappa shape index (κ2) is 8.29. The molecule has 1 N–H and O–H groups in total. The first-order chi connectivity index (χ1) is 15.0. The Labute approximate surface area is 185 Å². The molecule has 1 heterocycles. The van der Waals surface area contributed by atoms with Crippen LogP contribution in [0.1, 0.15) is 75.1 Å². The van der Waals surface area contributed by atoms with Crippen molar-refractivity contribution in [1.29, 1.82) is 0 Å². The first kappa shape index (κ1) is 20.5. The van der Waals surface area contributed by atoms with Gasteiger partial charge in [-0.05, 0) is 68.3 Å². The number of aryl methyl sites for hydroxylation is 1. The van der Waals surface area contributed by atoms with Crippen molar-refractivity contribution in [1.82, 2.24) is 9.88 Å². The third kappa shape index (κ3) is 4.09. The van der Waals surface area contributed by atoms with Crippen LogP contribution in [0.4, 0.5) is 0 Å². The van der Waals surface area contributed by atoms with Gasteiger partial charge in [-0.15, -0.1) is 0 Å². The monoisotopic (exact) mass is 418 g/mol. The van der Waals surface area contributed by atoms with E-state index < -0.39 is 0 Å². The smallest absolute Gasteiger partial charge is 0.257 e. The summed E-state index contributed by atoms with van der Waals surface area (Å²) in [6, 6.07) is 11.7. The van der Waals surface area contributed by atoms with E-state index in [1.807, 2.05) is 36.5 Å². The lowest BCUT2D eigenvalue weighted by Gasteiger charge is -2.56. The number of benzene rings is 1. The van der Waals surface area contributed by atoms with Crippen LogP contribution in [0.5, 0.6) is 0 Å². The highest BCUT2D eigenvalue weighted by molar-refractivity contribution is 5.94. The molecule has 6 rings (SSSR count). The standard InChI is InChI=1S/C27H34N2O2/c1-2-3-7-10-29-18-23(25(30)14-24(29)22-8-5-4-6-9-22)26(31)28-27-15-19-11-20(16-27)13-21(12-19)17-27/h4-6,8-9,14,18-21H,2-3,7,10-13,15-17H2,1H3,(H,28,31). The molecule has 0 atom stereocenters. The van der Waals surface area contributed by atoms with Crippen LogP contribution < -0.4 is 10.7 Å². The van der Waals surface area contributed by atoms with E-state index in [1.54, 1.807) is 6.07 Å².